The molecule has 0 spiro atoms. The Hall–Kier alpha value is -1.29. The molecule has 0 saturated carbocycles. The smallest absolute Gasteiger partial charge is 0.207 e. The standard InChI is InChI=1S/C14H11BrN2O3S3/c1-7-12(5-11(22-7)14(21)20-2)23(18,19)8-3-9(15)13-10(4-8)16-6-17-13/h3-6H,1-2H3,(H,16,17). The van der Waals surface area contributed by atoms with Crippen LogP contribution in [0.25, 0.3) is 11.0 Å². The number of methoxy groups -OCH3 is 1. The third-order valence-corrected chi connectivity index (χ3v) is 7.47. The normalized spacial score (nSPS) is 11.8. The average Bonchev–Trinajstić information content (AvgIpc) is 3.13. The van der Waals surface area contributed by atoms with E-state index in [1.807, 2.05) is 0 Å². The fourth-order valence-corrected chi connectivity index (χ4v) is 5.91. The highest BCUT2D eigenvalue weighted by Gasteiger charge is 2.25. The van der Waals surface area contributed by atoms with E-state index in [0.717, 1.165) is 0 Å². The Labute approximate surface area is 150 Å². The van der Waals surface area contributed by atoms with Gasteiger partial charge in [-0.2, -0.15) is 0 Å². The summed E-state index contributed by atoms with van der Waals surface area (Å²) in [6, 6.07) is 4.70. The molecule has 9 heteroatoms. The molecule has 120 valence electrons. The monoisotopic (exact) mass is 430 g/mol. The molecule has 0 radical (unpaired) electrons. The lowest BCUT2D eigenvalue weighted by Gasteiger charge is -2.05. The number of hydrogen-bond acceptors (Lipinski definition) is 6. The fourth-order valence-electron chi connectivity index (χ4n) is 2.20. The molecule has 0 amide bonds. The second-order valence-corrected chi connectivity index (χ2v) is 9.13. The van der Waals surface area contributed by atoms with Crippen LogP contribution < -0.4 is 0 Å². The van der Waals surface area contributed by atoms with Gasteiger partial charge in [0.15, 0.2) is 0 Å². The number of aromatic amines is 1. The van der Waals surface area contributed by atoms with Gasteiger partial charge in [0.2, 0.25) is 14.9 Å². The molecule has 0 unspecified atom stereocenters. The predicted octanol–water partition coefficient (Wildman–Crippen LogP) is 3.85. The highest BCUT2D eigenvalue weighted by molar-refractivity contribution is 9.10. The van der Waals surface area contributed by atoms with Crippen LogP contribution in [0.4, 0.5) is 0 Å². The van der Waals surface area contributed by atoms with Crippen molar-refractivity contribution in [3.05, 3.63) is 38.8 Å². The van der Waals surface area contributed by atoms with Crippen LogP contribution in [0.5, 0.6) is 0 Å². The minimum Gasteiger partial charge on any atom is -0.486 e. The Kier molecular flexibility index (Phi) is 4.30. The summed E-state index contributed by atoms with van der Waals surface area (Å²) in [7, 11) is -2.20. The van der Waals surface area contributed by atoms with E-state index in [1.54, 1.807) is 25.1 Å². The zero-order valence-electron chi connectivity index (χ0n) is 12.1. The Morgan fingerprint density at radius 3 is 2.83 bits per heavy atom. The number of benzene rings is 1. The van der Waals surface area contributed by atoms with Crippen molar-refractivity contribution in [2.45, 2.75) is 16.7 Å². The van der Waals surface area contributed by atoms with Crippen LogP contribution in [0.2, 0.25) is 0 Å². The first-order valence-electron chi connectivity index (χ1n) is 6.41. The predicted molar refractivity (Wildman–Crippen MR) is 97.0 cm³/mol. The SMILES string of the molecule is COC(=S)c1cc(S(=O)(=O)c2cc(Br)c3nc[nH]c3c2)c(C)s1. The molecule has 1 N–H and O–H groups in total. The second kappa shape index (κ2) is 5.97. The lowest BCUT2D eigenvalue weighted by atomic mass is 10.3. The quantitative estimate of drug-likeness (QED) is 0.638. The summed E-state index contributed by atoms with van der Waals surface area (Å²) in [5.74, 6) is 0. The minimum absolute atomic E-state index is 0.192. The lowest BCUT2D eigenvalue weighted by molar-refractivity contribution is 0.417. The molecule has 2 heterocycles. The van der Waals surface area contributed by atoms with E-state index in [1.165, 1.54) is 24.8 Å². The van der Waals surface area contributed by atoms with E-state index in [9.17, 15) is 8.42 Å². The fraction of sp³-hybridized carbons (Fsp3) is 0.143. The summed E-state index contributed by atoms with van der Waals surface area (Å²) in [5.41, 5.74) is 1.34. The van der Waals surface area contributed by atoms with Crippen LogP contribution in [0.15, 0.2) is 38.8 Å². The number of imidazole rings is 1. The van der Waals surface area contributed by atoms with Gasteiger partial charge in [-0.25, -0.2) is 13.4 Å². The van der Waals surface area contributed by atoms with Crippen molar-refractivity contribution in [2.24, 2.45) is 0 Å². The number of aromatic nitrogens is 2. The van der Waals surface area contributed by atoms with E-state index in [0.29, 0.717) is 25.3 Å². The molecular formula is C14H11BrN2O3S3. The van der Waals surface area contributed by atoms with Crippen molar-refractivity contribution in [3.8, 4) is 0 Å². The molecular weight excluding hydrogens is 420 g/mol. The summed E-state index contributed by atoms with van der Waals surface area (Å²) in [6.07, 6.45) is 1.52. The third kappa shape index (κ3) is 2.82. The molecule has 5 nitrogen and oxygen atoms in total. The van der Waals surface area contributed by atoms with Crippen molar-refractivity contribution >= 4 is 65.4 Å². The van der Waals surface area contributed by atoms with Gasteiger partial charge in [-0.15, -0.1) is 11.3 Å². The second-order valence-electron chi connectivity index (χ2n) is 4.73. The van der Waals surface area contributed by atoms with Crippen LogP contribution >= 0.6 is 39.5 Å². The van der Waals surface area contributed by atoms with Gasteiger partial charge in [-0.1, -0.05) is 0 Å². The number of H-pyrrole nitrogens is 1. The number of ether oxygens (including phenoxy) is 1. The Balaban J connectivity index is 2.17. The first-order valence-corrected chi connectivity index (χ1v) is 9.91. The maximum absolute atomic E-state index is 13.0. The molecule has 0 aliphatic carbocycles. The van der Waals surface area contributed by atoms with Gasteiger partial charge in [0.25, 0.3) is 0 Å². The summed E-state index contributed by atoms with van der Waals surface area (Å²) in [6.45, 7) is 1.75. The Morgan fingerprint density at radius 1 is 1.39 bits per heavy atom. The summed E-state index contributed by atoms with van der Waals surface area (Å²) < 4.78 is 31.6. The van der Waals surface area contributed by atoms with Crippen LogP contribution in [0.1, 0.15) is 9.75 Å². The zero-order valence-corrected chi connectivity index (χ0v) is 16.1. The van der Waals surface area contributed by atoms with E-state index >= 15 is 0 Å². The zero-order chi connectivity index (χ0) is 16.8. The van der Waals surface area contributed by atoms with Gasteiger partial charge >= 0.3 is 0 Å². The van der Waals surface area contributed by atoms with E-state index in [-0.39, 0.29) is 14.8 Å². The Morgan fingerprint density at radius 2 is 2.13 bits per heavy atom. The van der Waals surface area contributed by atoms with Crippen LogP contribution in [-0.4, -0.2) is 30.5 Å². The molecule has 0 fully saturated rings. The number of nitrogens with one attached hydrogen (secondary N) is 1. The highest BCUT2D eigenvalue weighted by Crippen LogP contribution is 2.34. The van der Waals surface area contributed by atoms with Crippen molar-refractivity contribution in [1.82, 2.24) is 9.97 Å². The van der Waals surface area contributed by atoms with Gasteiger partial charge in [0.1, 0.15) is 5.52 Å². The molecule has 0 saturated heterocycles. The first-order chi connectivity index (χ1) is 10.8. The van der Waals surface area contributed by atoms with E-state index in [2.05, 4.69) is 25.9 Å². The van der Waals surface area contributed by atoms with Gasteiger partial charge in [-0.05, 0) is 53.3 Å². The number of hydrogen-bond donors (Lipinski definition) is 1. The number of aryl methyl sites for hydroxylation is 1. The summed E-state index contributed by atoms with van der Waals surface area (Å²) in [5, 5.41) is 0.282. The summed E-state index contributed by atoms with van der Waals surface area (Å²) in [4.78, 5) is 8.79. The number of halogens is 1. The molecule has 0 aliphatic rings. The largest absolute Gasteiger partial charge is 0.486 e. The van der Waals surface area contributed by atoms with Crippen molar-refractivity contribution in [3.63, 3.8) is 0 Å². The van der Waals surface area contributed by atoms with Crippen molar-refractivity contribution < 1.29 is 13.2 Å². The molecule has 0 aliphatic heterocycles. The molecule has 0 atom stereocenters. The summed E-state index contributed by atoms with van der Waals surface area (Å²) >= 11 is 9.75. The number of fused-ring (bicyclic) bond motifs is 1. The van der Waals surface area contributed by atoms with E-state index in [4.69, 9.17) is 17.0 Å². The number of nitrogens with zero attached hydrogens (tertiary/aromatic N) is 1. The van der Waals surface area contributed by atoms with Crippen LogP contribution in [0, 0.1) is 6.92 Å². The number of thiocarbonyl (C=S) groups is 1. The van der Waals surface area contributed by atoms with Crippen LogP contribution in [0.3, 0.4) is 0 Å². The number of thiophene rings is 1. The van der Waals surface area contributed by atoms with Crippen molar-refractivity contribution in [1.29, 1.82) is 0 Å². The molecule has 23 heavy (non-hydrogen) atoms. The van der Waals surface area contributed by atoms with Gasteiger partial charge in [0, 0.05) is 9.35 Å². The van der Waals surface area contributed by atoms with Gasteiger partial charge in [-0.3, -0.25) is 0 Å². The molecule has 1 aromatic carbocycles. The molecule has 3 aromatic rings. The molecule has 0 bridgehead atoms. The van der Waals surface area contributed by atoms with E-state index < -0.39 is 9.84 Å². The highest BCUT2D eigenvalue weighted by atomic mass is 79.9. The topological polar surface area (TPSA) is 72.1 Å². The molecule has 3 rings (SSSR count). The van der Waals surface area contributed by atoms with Gasteiger partial charge < -0.3 is 9.72 Å². The van der Waals surface area contributed by atoms with Crippen LogP contribution in [-0.2, 0) is 14.6 Å². The van der Waals surface area contributed by atoms with Gasteiger partial charge in [0.05, 0.1) is 33.6 Å². The van der Waals surface area contributed by atoms with Crippen molar-refractivity contribution in [2.75, 3.05) is 7.11 Å². The number of rotatable bonds is 3. The average molecular weight is 431 g/mol. The third-order valence-electron chi connectivity index (χ3n) is 3.31. The maximum Gasteiger partial charge on any atom is 0.207 e. The lowest BCUT2D eigenvalue weighted by Crippen LogP contribution is -2.03. The Bertz CT molecular complexity index is 1020. The maximum atomic E-state index is 13.0. The minimum atomic E-state index is -3.66. The first kappa shape index (κ1) is 16.6. The molecule has 2 aromatic heterocycles. The number of sulfone groups is 1.